The minimum Gasteiger partial charge on any atom is -0.324 e. The normalized spacial score (nSPS) is 15.7. The second-order valence-corrected chi connectivity index (χ2v) is 7.17. The molecule has 1 saturated heterocycles. The second-order valence-electron chi connectivity index (χ2n) is 7.17. The number of halogens is 3. The van der Waals surface area contributed by atoms with Gasteiger partial charge in [-0.05, 0) is 37.2 Å². The van der Waals surface area contributed by atoms with E-state index in [0.29, 0.717) is 13.1 Å². The van der Waals surface area contributed by atoms with E-state index in [1.54, 1.807) is 0 Å². The first-order valence-electron chi connectivity index (χ1n) is 9.86. The average molecular weight is 415 g/mol. The summed E-state index contributed by atoms with van der Waals surface area (Å²) in [5.74, 6) is 5.88. The fraction of sp³-hybridized carbons (Fsp3) is 0.348. The van der Waals surface area contributed by atoms with Crippen LogP contribution < -0.4 is 5.32 Å². The van der Waals surface area contributed by atoms with E-state index in [2.05, 4.69) is 22.1 Å². The van der Waals surface area contributed by atoms with Gasteiger partial charge in [-0.1, -0.05) is 42.2 Å². The topological polar surface area (TPSA) is 35.6 Å². The van der Waals surface area contributed by atoms with Crippen LogP contribution in [-0.2, 0) is 11.0 Å². The lowest BCUT2D eigenvalue weighted by Crippen LogP contribution is -2.36. The first kappa shape index (κ1) is 21.9. The maximum Gasteiger partial charge on any atom is 0.418 e. The van der Waals surface area contributed by atoms with Crippen molar-refractivity contribution in [2.45, 2.75) is 12.6 Å². The molecule has 0 atom stereocenters. The van der Waals surface area contributed by atoms with Crippen molar-refractivity contribution in [2.75, 3.05) is 44.6 Å². The highest BCUT2D eigenvalue weighted by atomic mass is 19.4. The van der Waals surface area contributed by atoms with Crippen molar-refractivity contribution in [3.63, 3.8) is 0 Å². The summed E-state index contributed by atoms with van der Waals surface area (Å²) in [6, 6.07) is 14.8. The summed E-state index contributed by atoms with van der Waals surface area (Å²) >= 11 is 0. The van der Waals surface area contributed by atoms with Gasteiger partial charge in [-0.25, -0.2) is 0 Å². The van der Waals surface area contributed by atoms with E-state index >= 15 is 0 Å². The lowest BCUT2D eigenvalue weighted by atomic mass is 10.1. The zero-order valence-electron chi connectivity index (χ0n) is 16.6. The SMILES string of the molecule is O=C(CN1CCCN(CC#Cc2ccccc2)CC1)Nc1ccccc1C(F)(F)F. The van der Waals surface area contributed by atoms with Crippen LogP contribution in [0.2, 0.25) is 0 Å². The van der Waals surface area contributed by atoms with Crippen LogP contribution in [0.4, 0.5) is 18.9 Å². The minimum atomic E-state index is -4.51. The maximum atomic E-state index is 13.1. The highest BCUT2D eigenvalue weighted by Gasteiger charge is 2.33. The molecule has 1 heterocycles. The summed E-state index contributed by atoms with van der Waals surface area (Å²) in [5.41, 5.74) is -0.0650. The van der Waals surface area contributed by atoms with Gasteiger partial charge in [0.2, 0.25) is 5.91 Å². The highest BCUT2D eigenvalue weighted by Crippen LogP contribution is 2.34. The monoisotopic (exact) mass is 415 g/mol. The van der Waals surface area contributed by atoms with E-state index in [4.69, 9.17) is 0 Å². The van der Waals surface area contributed by atoms with Crippen molar-refractivity contribution in [3.8, 4) is 11.8 Å². The van der Waals surface area contributed by atoms with Crippen LogP contribution in [0.3, 0.4) is 0 Å². The Balaban J connectivity index is 1.49. The summed E-state index contributed by atoms with van der Waals surface area (Å²) < 4.78 is 39.3. The summed E-state index contributed by atoms with van der Waals surface area (Å²) in [5, 5.41) is 2.41. The number of hydrogen-bond acceptors (Lipinski definition) is 3. The standard InChI is InChI=1S/C23H24F3N3O/c24-23(25,26)20-11-4-5-12-21(20)27-22(30)18-29-15-7-14-28(16-17-29)13-6-10-19-8-2-1-3-9-19/h1-5,8-9,11-12H,7,13-18H2,(H,27,30). The van der Waals surface area contributed by atoms with Crippen LogP contribution in [0.5, 0.6) is 0 Å². The van der Waals surface area contributed by atoms with Gasteiger partial charge >= 0.3 is 6.18 Å². The number of rotatable bonds is 4. The predicted octanol–water partition coefficient (Wildman–Crippen LogP) is 3.70. The Hall–Kier alpha value is -2.82. The van der Waals surface area contributed by atoms with Crippen molar-refractivity contribution >= 4 is 11.6 Å². The number of alkyl halides is 3. The van der Waals surface area contributed by atoms with Crippen LogP contribution >= 0.6 is 0 Å². The van der Waals surface area contributed by atoms with Gasteiger partial charge in [-0.2, -0.15) is 13.2 Å². The van der Waals surface area contributed by atoms with Crippen LogP contribution in [0.15, 0.2) is 54.6 Å². The molecular weight excluding hydrogens is 391 g/mol. The number of benzene rings is 2. The summed E-state index contributed by atoms with van der Waals surface area (Å²) in [7, 11) is 0. The number of anilines is 1. The Kier molecular flexibility index (Phi) is 7.50. The molecule has 0 radical (unpaired) electrons. The van der Waals surface area contributed by atoms with Crippen molar-refractivity contribution in [1.29, 1.82) is 0 Å². The molecule has 0 bridgehead atoms. The van der Waals surface area contributed by atoms with Crippen LogP contribution in [0, 0.1) is 11.8 Å². The lowest BCUT2D eigenvalue weighted by Gasteiger charge is -2.21. The predicted molar refractivity (Wildman–Crippen MR) is 111 cm³/mol. The number of nitrogens with zero attached hydrogens (tertiary/aromatic N) is 2. The van der Waals surface area contributed by atoms with Crippen LogP contribution in [0.25, 0.3) is 0 Å². The molecule has 0 spiro atoms. The van der Waals surface area contributed by atoms with E-state index in [-0.39, 0.29) is 12.2 Å². The number of carbonyl (C=O) groups is 1. The summed E-state index contributed by atoms with van der Waals surface area (Å²) in [6.07, 6.45) is -3.63. The third kappa shape index (κ3) is 6.61. The molecule has 30 heavy (non-hydrogen) atoms. The Labute approximate surface area is 174 Å². The van der Waals surface area contributed by atoms with Crippen molar-refractivity contribution in [1.82, 2.24) is 9.80 Å². The van der Waals surface area contributed by atoms with Crippen LogP contribution in [0.1, 0.15) is 17.5 Å². The lowest BCUT2D eigenvalue weighted by molar-refractivity contribution is -0.137. The van der Waals surface area contributed by atoms with Gasteiger partial charge < -0.3 is 5.32 Å². The zero-order chi connectivity index (χ0) is 21.4. The highest BCUT2D eigenvalue weighted by molar-refractivity contribution is 5.93. The quantitative estimate of drug-likeness (QED) is 0.774. The molecule has 0 unspecified atom stereocenters. The van der Waals surface area contributed by atoms with Crippen molar-refractivity contribution in [2.24, 2.45) is 0 Å². The zero-order valence-corrected chi connectivity index (χ0v) is 16.6. The van der Waals surface area contributed by atoms with Gasteiger partial charge in [0.25, 0.3) is 0 Å². The first-order chi connectivity index (χ1) is 14.4. The van der Waals surface area contributed by atoms with Gasteiger partial charge in [-0.3, -0.25) is 14.6 Å². The number of para-hydroxylation sites is 1. The van der Waals surface area contributed by atoms with Crippen molar-refractivity contribution < 1.29 is 18.0 Å². The molecular formula is C23H24F3N3O. The van der Waals surface area contributed by atoms with Gasteiger partial charge in [0.15, 0.2) is 0 Å². The third-order valence-electron chi connectivity index (χ3n) is 4.86. The van der Waals surface area contributed by atoms with Gasteiger partial charge in [0, 0.05) is 25.2 Å². The van der Waals surface area contributed by atoms with Gasteiger partial charge in [0.05, 0.1) is 24.3 Å². The number of amides is 1. The van der Waals surface area contributed by atoms with Crippen molar-refractivity contribution in [3.05, 3.63) is 65.7 Å². The molecule has 1 N–H and O–H groups in total. The van der Waals surface area contributed by atoms with E-state index in [9.17, 15) is 18.0 Å². The fourth-order valence-electron chi connectivity index (χ4n) is 3.35. The molecule has 2 aromatic carbocycles. The average Bonchev–Trinajstić information content (AvgIpc) is 2.93. The molecule has 7 heteroatoms. The smallest absolute Gasteiger partial charge is 0.324 e. The Morgan fingerprint density at radius 1 is 0.933 bits per heavy atom. The van der Waals surface area contributed by atoms with E-state index in [0.717, 1.165) is 37.7 Å². The largest absolute Gasteiger partial charge is 0.418 e. The Morgan fingerprint density at radius 3 is 2.37 bits per heavy atom. The molecule has 4 nitrogen and oxygen atoms in total. The molecule has 0 saturated carbocycles. The molecule has 1 amide bonds. The molecule has 1 fully saturated rings. The Bertz CT molecular complexity index is 903. The minimum absolute atomic E-state index is 0.0652. The molecule has 158 valence electrons. The number of nitrogens with one attached hydrogen (secondary N) is 1. The van der Waals surface area contributed by atoms with Crippen LogP contribution in [-0.4, -0.2) is 55.0 Å². The summed E-state index contributed by atoms with van der Waals surface area (Å²) in [4.78, 5) is 16.5. The van der Waals surface area contributed by atoms with E-state index in [1.165, 1.54) is 18.2 Å². The van der Waals surface area contributed by atoms with Gasteiger partial charge in [-0.15, -0.1) is 0 Å². The second kappa shape index (κ2) is 10.3. The maximum absolute atomic E-state index is 13.1. The molecule has 2 aromatic rings. The Morgan fingerprint density at radius 2 is 1.60 bits per heavy atom. The third-order valence-corrected chi connectivity index (χ3v) is 4.86. The number of hydrogen-bond donors (Lipinski definition) is 1. The first-order valence-corrected chi connectivity index (χ1v) is 9.86. The fourth-order valence-corrected chi connectivity index (χ4v) is 3.35. The van der Waals surface area contributed by atoms with E-state index in [1.807, 2.05) is 35.2 Å². The molecule has 3 rings (SSSR count). The molecule has 0 aromatic heterocycles. The summed E-state index contributed by atoms with van der Waals surface area (Å²) in [6.45, 7) is 3.73. The molecule has 0 aliphatic carbocycles. The number of carbonyl (C=O) groups excluding carboxylic acids is 1. The van der Waals surface area contributed by atoms with Gasteiger partial charge in [0.1, 0.15) is 0 Å². The molecule has 1 aliphatic rings. The van der Waals surface area contributed by atoms with E-state index < -0.39 is 17.6 Å². The molecule has 1 aliphatic heterocycles.